The number of hydrogen-bond donors (Lipinski definition) is 0. The van der Waals surface area contributed by atoms with E-state index in [2.05, 4.69) is 24.8 Å². The molecule has 84 valence electrons. The van der Waals surface area contributed by atoms with Gasteiger partial charge >= 0.3 is 0 Å². The Morgan fingerprint density at radius 3 is 2.94 bits per heavy atom. The van der Waals surface area contributed by atoms with Crippen LogP contribution in [0.25, 0.3) is 0 Å². The molecular formula is C15H18O. The van der Waals surface area contributed by atoms with Crippen LogP contribution in [-0.2, 0) is 16.6 Å². The van der Waals surface area contributed by atoms with E-state index in [1.807, 2.05) is 13.0 Å². The Bertz CT molecular complexity index is 419. The summed E-state index contributed by atoms with van der Waals surface area (Å²) < 4.78 is 0. The highest BCUT2D eigenvalue weighted by Crippen LogP contribution is 2.39. The molecule has 1 unspecified atom stereocenters. The Kier molecular flexibility index (Phi) is 2.95. The molecule has 0 fully saturated rings. The van der Waals surface area contributed by atoms with E-state index in [9.17, 15) is 4.79 Å². The maximum atomic E-state index is 11.5. The number of rotatable bonds is 3. The molecule has 0 aromatic heterocycles. The molecular weight excluding hydrogens is 196 g/mol. The molecule has 2 rings (SSSR count). The van der Waals surface area contributed by atoms with Crippen molar-refractivity contribution in [1.82, 2.24) is 0 Å². The number of carbonyl (C=O) groups is 1. The van der Waals surface area contributed by atoms with E-state index in [0.717, 1.165) is 37.5 Å². The Balaban J connectivity index is 2.48. The molecule has 1 nitrogen and oxygen atoms in total. The lowest BCUT2D eigenvalue weighted by Crippen LogP contribution is -2.32. The third kappa shape index (κ3) is 1.82. The summed E-state index contributed by atoms with van der Waals surface area (Å²) in [7, 11) is 0. The maximum Gasteiger partial charge on any atom is 0.130 e. The monoisotopic (exact) mass is 214 g/mol. The highest BCUT2D eigenvalue weighted by Gasteiger charge is 2.35. The fourth-order valence-electron chi connectivity index (χ4n) is 2.84. The average Bonchev–Trinajstić information content (AvgIpc) is 2.29. The average molecular weight is 214 g/mol. The Labute approximate surface area is 97.2 Å². The zero-order chi connectivity index (χ0) is 11.6. The minimum absolute atomic E-state index is 0.305. The molecule has 16 heavy (non-hydrogen) atoms. The summed E-state index contributed by atoms with van der Waals surface area (Å²) in [5.41, 5.74) is 3.34. The molecule has 0 saturated carbocycles. The third-order valence-electron chi connectivity index (χ3n) is 3.47. The van der Waals surface area contributed by atoms with Crippen molar-refractivity contribution in [2.75, 3.05) is 0 Å². The van der Waals surface area contributed by atoms with Gasteiger partial charge in [0.15, 0.2) is 0 Å². The van der Waals surface area contributed by atoms with Gasteiger partial charge < -0.3 is 4.79 Å². The van der Waals surface area contributed by atoms with E-state index in [1.165, 1.54) is 11.1 Å². The molecule has 1 aromatic rings. The predicted molar refractivity (Wildman–Crippen MR) is 66.6 cm³/mol. The predicted octanol–water partition coefficient (Wildman–Crippen LogP) is 3.43. The van der Waals surface area contributed by atoms with Crippen molar-refractivity contribution in [2.24, 2.45) is 0 Å². The van der Waals surface area contributed by atoms with Gasteiger partial charge in [0.1, 0.15) is 6.29 Å². The Hall–Kier alpha value is -1.37. The maximum absolute atomic E-state index is 11.5. The molecule has 0 spiro atoms. The summed E-state index contributed by atoms with van der Waals surface area (Å²) in [6, 6.07) is 8.33. The highest BCUT2D eigenvalue weighted by molar-refractivity contribution is 5.71. The highest BCUT2D eigenvalue weighted by atomic mass is 16.1. The molecule has 0 radical (unpaired) electrons. The number of aryl methyl sites for hydroxylation is 1. The Morgan fingerprint density at radius 1 is 1.50 bits per heavy atom. The molecule has 0 bridgehead atoms. The number of aldehydes is 1. The molecule has 1 heteroatoms. The van der Waals surface area contributed by atoms with Gasteiger partial charge in [-0.2, -0.15) is 0 Å². The first kappa shape index (κ1) is 11.1. The van der Waals surface area contributed by atoms with Crippen LogP contribution in [0.1, 0.15) is 37.3 Å². The third-order valence-corrected chi connectivity index (χ3v) is 3.47. The zero-order valence-electron chi connectivity index (χ0n) is 9.83. The van der Waals surface area contributed by atoms with Crippen LogP contribution < -0.4 is 0 Å². The summed E-state index contributed by atoms with van der Waals surface area (Å²) in [6.45, 7) is 5.96. The van der Waals surface area contributed by atoms with Crippen LogP contribution in [0, 0.1) is 0 Å². The summed E-state index contributed by atoms with van der Waals surface area (Å²) in [5, 5.41) is 0. The van der Waals surface area contributed by atoms with Gasteiger partial charge in [-0.1, -0.05) is 29.8 Å². The molecule has 1 atom stereocenters. The van der Waals surface area contributed by atoms with Gasteiger partial charge in [0.25, 0.3) is 0 Å². The second kappa shape index (κ2) is 4.25. The van der Waals surface area contributed by atoms with Crippen LogP contribution in [-0.4, -0.2) is 6.29 Å². The lowest BCUT2D eigenvalue weighted by Gasteiger charge is -2.34. The van der Waals surface area contributed by atoms with Crippen molar-refractivity contribution in [2.45, 2.75) is 38.0 Å². The zero-order valence-corrected chi connectivity index (χ0v) is 9.83. The first-order chi connectivity index (χ1) is 7.68. The molecule has 0 aliphatic heterocycles. The van der Waals surface area contributed by atoms with Gasteiger partial charge in [0, 0.05) is 0 Å². The fraction of sp³-hybridized carbons (Fsp3) is 0.400. The molecule has 0 heterocycles. The van der Waals surface area contributed by atoms with Gasteiger partial charge in [-0.05, 0) is 43.7 Å². The second-order valence-corrected chi connectivity index (χ2v) is 4.92. The van der Waals surface area contributed by atoms with Gasteiger partial charge in [0.2, 0.25) is 0 Å². The first-order valence-corrected chi connectivity index (χ1v) is 5.87. The standard InChI is InChI=1S/C15H18O/c1-12(2)10-15(11-16)9-5-7-13-6-3-4-8-14(13)15/h3-4,6,8,11H,1,5,7,9-10H2,2H3. The molecule has 0 saturated heterocycles. The lowest BCUT2D eigenvalue weighted by molar-refractivity contribution is -0.113. The van der Waals surface area contributed by atoms with Crippen molar-refractivity contribution >= 4 is 6.29 Å². The SMILES string of the molecule is C=C(C)CC1(C=O)CCCc2ccccc21. The van der Waals surface area contributed by atoms with Crippen LogP contribution in [0.3, 0.4) is 0 Å². The van der Waals surface area contributed by atoms with Crippen molar-refractivity contribution in [1.29, 1.82) is 0 Å². The van der Waals surface area contributed by atoms with Crippen LogP contribution >= 0.6 is 0 Å². The molecule has 0 amide bonds. The lowest BCUT2D eigenvalue weighted by atomic mass is 9.68. The first-order valence-electron chi connectivity index (χ1n) is 5.87. The van der Waals surface area contributed by atoms with Crippen molar-refractivity contribution in [3.05, 3.63) is 47.5 Å². The van der Waals surface area contributed by atoms with Crippen LogP contribution in [0.15, 0.2) is 36.4 Å². The normalized spacial score (nSPS) is 23.6. The second-order valence-electron chi connectivity index (χ2n) is 4.92. The van der Waals surface area contributed by atoms with Gasteiger partial charge in [-0.15, -0.1) is 6.58 Å². The Morgan fingerprint density at radius 2 is 2.25 bits per heavy atom. The van der Waals surface area contributed by atoms with Crippen LogP contribution in [0.2, 0.25) is 0 Å². The number of benzene rings is 1. The van der Waals surface area contributed by atoms with Gasteiger partial charge in [-0.25, -0.2) is 0 Å². The largest absolute Gasteiger partial charge is 0.302 e. The van der Waals surface area contributed by atoms with Crippen molar-refractivity contribution in [3.63, 3.8) is 0 Å². The number of hydrogen-bond acceptors (Lipinski definition) is 1. The van der Waals surface area contributed by atoms with E-state index >= 15 is 0 Å². The van der Waals surface area contributed by atoms with Crippen molar-refractivity contribution < 1.29 is 4.79 Å². The molecule has 1 aliphatic rings. The van der Waals surface area contributed by atoms with Crippen molar-refractivity contribution in [3.8, 4) is 0 Å². The summed E-state index contributed by atoms with van der Waals surface area (Å²) >= 11 is 0. The number of allylic oxidation sites excluding steroid dienone is 1. The van der Waals surface area contributed by atoms with E-state index in [1.54, 1.807) is 0 Å². The van der Waals surface area contributed by atoms with Gasteiger partial charge in [0.05, 0.1) is 5.41 Å². The number of carbonyl (C=O) groups excluding carboxylic acids is 1. The minimum atomic E-state index is -0.305. The summed E-state index contributed by atoms with van der Waals surface area (Å²) in [6.07, 6.45) is 5.08. The van der Waals surface area contributed by atoms with Gasteiger partial charge in [-0.3, -0.25) is 0 Å². The molecule has 0 N–H and O–H groups in total. The topological polar surface area (TPSA) is 17.1 Å². The molecule has 1 aliphatic carbocycles. The molecule has 1 aromatic carbocycles. The van der Waals surface area contributed by atoms with E-state index in [-0.39, 0.29) is 5.41 Å². The van der Waals surface area contributed by atoms with Crippen LogP contribution in [0.4, 0.5) is 0 Å². The summed E-state index contributed by atoms with van der Waals surface area (Å²) in [5.74, 6) is 0. The van der Waals surface area contributed by atoms with Crippen LogP contribution in [0.5, 0.6) is 0 Å². The van der Waals surface area contributed by atoms with E-state index in [0.29, 0.717) is 0 Å². The minimum Gasteiger partial charge on any atom is -0.302 e. The summed E-state index contributed by atoms with van der Waals surface area (Å²) in [4.78, 5) is 11.5. The quantitative estimate of drug-likeness (QED) is 0.556. The smallest absolute Gasteiger partial charge is 0.130 e. The van der Waals surface area contributed by atoms with E-state index in [4.69, 9.17) is 0 Å². The fourth-order valence-corrected chi connectivity index (χ4v) is 2.84. The number of fused-ring (bicyclic) bond motifs is 1. The van der Waals surface area contributed by atoms with E-state index < -0.39 is 0 Å².